The zero-order chi connectivity index (χ0) is 15.0. The van der Waals surface area contributed by atoms with Crippen LogP contribution in [-0.2, 0) is 4.79 Å². The van der Waals surface area contributed by atoms with Crippen molar-refractivity contribution in [1.82, 2.24) is 10.6 Å². The van der Waals surface area contributed by atoms with Crippen molar-refractivity contribution in [2.45, 2.75) is 27.2 Å². The van der Waals surface area contributed by atoms with Gasteiger partial charge in [0.25, 0.3) is 5.91 Å². The molecule has 3 N–H and O–H groups in total. The fourth-order valence-corrected chi connectivity index (χ4v) is 1.78. The van der Waals surface area contributed by atoms with E-state index in [-0.39, 0.29) is 11.8 Å². The van der Waals surface area contributed by atoms with Crippen LogP contribution >= 0.6 is 0 Å². The summed E-state index contributed by atoms with van der Waals surface area (Å²) in [5, 5.41) is 8.63. The fourth-order valence-electron chi connectivity index (χ4n) is 1.78. The number of hydrogen-bond acceptors (Lipinski definition) is 3. The van der Waals surface area contributed by atoms with Crippen molar-refractivity contribution in [2.75, 3.05) is 25.0 Å². The molecule has 0 aliphatic rings. The van der Waals surface area contributed by atoms with Crippen LogP contribution in [-0.4, -0.2) is 31.4 Å². The van der Waals surface area contributed by atoms with Gasteiger partial charge in [-0.25, -0.2) is 0 Å². The highest BCUT2D eigenvalue weighted by molar-refractivity contribution is 5.96. The number of carbonyl (C=O) groups is 2. The molecule has 0 aromatic heterocycles. The van der Waals surface area contributed by atoms with Crippen molar-refractivity contribution in [1.29, 1.82) is 0 Å². The van der Waals surface area contributed by atoms with Gasteiger partial charge in [-0.3, -0.25) is 9.59 Å². The molecule has 0 fully saturated rings. The second kappa shape index (κ2) is 8.32. The summed E-state index contributed by atoms with van der Waals surface area (Å²) in [5.41, 5.74) is 2.21. The third-order valence-electron chi connectivity index (χ3n) is 2.81. The van der Waals surface area contributed by atoms with Gasteiger partial charge in [0, 0.05) is 17.8 Å². The van der Waals surface area contributed by atoms with Gasteiger partial charge in [-0.15, -0.1) is 0 Å². The predicted octanol–water partition coefficient (Wildman–Crippen LogP) is 1.68. The fraction of sp³-hybridized carbons (Fsp3) is 0.467. The standard InChI is InChI=1S/C15H23N3O2/c1-4-8-16-10-14(19)18-13-7-6-12(9-11(13)3)15(20)17-5-2/h6-7,9,16H,4-5,8,10H2,1-3H3,(H,17,20)(H,18,19). The number of aryl methyl sites for hydroxylation is 1. The summed E-state index contributed by atoms with van der Waals surface area (Å²) in [5.74, 6) is -0.176. The Morgan fingerprint density at radius 3 is 2.55 bits per heavy atom. The average Bonchev–Trinajstić information content (AvgIpc) is 2.41. The number of amides is 2. The van der Waals surface area contributed by atoms with Gasteiger partial charge in [-0.2, -0.15) is 0 Å². The Labute approximate surface area is 120 Å². The number of rotatable bonds is 7. The van der Waals surface area contributed by atoms with Crippen molar-refractivity contribution in [3.8, 4) is 0 Å². The van der Waals surface area contributed by atoms with Gasteiger partial charge in [-0.1, -0.05) is 6.92 Å². The molecule has 1 aromatic carbocycles. The maximum atomic E-state index is 11.7. The van der Waals surface area contributed by atoms with Gasteiger partial charge in [-0.05, 0) is 50.6 Å². The first-order valence-corrected chi connectivity index (χ1v) is 6.97. The Morgan fingerprint density at radius 2 is 1.95 bits per heavy atom. The van der Waals surface area contributed by atoms with Crippen LogP contribution in [0.3, 0.4) is 0 Å². The van der Waals surface area contributed by atoms with Crippen LogP contribution in [0.15, 0.2) is 18.2 Å². The van der Waals surface area contributed by atoms with E-state index in [0.29, 0.717) is 18.7 Å². The molecular weight excluding hydrogens is 254 g/mol. The quantitative estimate of drug-likeness (QED) is 0.664. The van der Waals surface area contributed by atoms with Crippen molar-refractivity contribution < 1.29 is 9.59 Å². The minimum absolute atomic E-state index is 0.0766. The molecule has 1 aromatic rings. The minimum atomic E-state index is -0.0990. The zero-order valence-electron chi connectivity index (χ0n) is 12.4. The van der Waals surface area contributed by atoms with Gasteiger partial charge in [0.15, 0.2) is 0 Å². The molecule has 20 heavy (non-hydrogen) atoms. The summed E-state index contributed by atoms with van der Waals surface area (Å²) in [6, 6.07) is 5.25. The van der Waals surface area contributed by atoms with Gasteiger partial charge < -0.3 is 16.0 Å². The smallest absolute Gasteiger partial charge is 0.251 e. The summed E-state index contributed by atoms with van der Waals surface area (Å²) < 4.78 is 0. The summed E-state index contributed by atoms with van der Waals surface area (Å²) in [4.78, 5) is 23.4. The Bertz CT molecular complexity index is 472. The SMILES string of the molecule is CCCNCC(=O)Nc1ccc(C(=O)NCC)cc1C. The van der Waals surface area contributed by atoms with E-state index < -0.39 is 0 Å². The Morgan fingerprint density at radius 1 is 1.20 bits per heavy atom. The lowest BCUT2D eigenvalue weighted by atomic mass is 10.1. The van der Waals surface area contributed by atoms with Crippen LogP contribution in [0, 0.1) is 6.92 Å². The molecule has 0 aliphatic heterocycles. The molecule has 0 bridgehead atoms. The molecule has 0 spiro atoms. The molecule has 1 rings (SSSR count). The highest BCUT2D eigenvalue weighted by Gasteiger charge is 2.08. The van der Waals surface area contributed by atoms with Gasteiger partial charge in [0.05, 0.1) is 6.54 Å². The predicted molar refractivity (Wildman–Crippen MR) is 81.0 cm³/mol. The van der Waals surface area contributed by atoms with Gasteiger partial charge in [0.1, 0.15) is 0 Å². The first-order chi connectivity index (χ1) is 9.58. The highest BCUT2D eigenvalue weighted by atomic mass is 16.2. The van der Waals surface area contributed by atoms with E-state index in [0.717, 1.165) is 24.2 Å². The van der Waals surface area contributed by atoms with Crippen LogP contribution in [0.2, 0.25) is 0 Å². The first-order valence-electron chi connectivity index (χ1n) is 6.97. The van der Waals surface area contributed by atoms with E-state index in [1.807, 2.05) is 13.8 Å². The third-order valence-corrected chi connectivity index (χ3v) is 2.81. The maximum Gasteiger partial charge on any atom is 0.251 e. The number of carbonyl (C=O) groups excluding carboxylic acids is 2. The van der Waals surface area contributed by atoms with Crippen LogP contribution in [0.25, 0.3) is 0 Å². The molecule has 5 heteroatoms. The molecule has 0 heterocycles. The van der Waals surface area contributed by atoms with Crippen LogP contribution < -0.4 is 16.0 Å². The van der Waals surface area contributed by atoms with Crippen LogP contribution in [0.4, 0.5) is 5.69 Å². The highest BCUT2D eigenvalue weighted by Crippen LogP contribution is 2.16. The summed E-state index contributed by atoms with van der Waals surface area (Å²) in [7, 11) is 0. The number of nitrogens with one attached hydrogen (secondary N) is 3. The molecular formula is C15H23N3O2. The molecule has 0 saturated carbocycles. The van der Waals surface area contributed by atoms with Crippen molar-refractivity contribution in [3.63, 3.8) is 0 Å². The van der Waals surface area contributed by atoms with Crippen LogP contribution in [0.1, 0.15) is 36.2 Å². The minimum Gasteiger partial charge on any atom is -0.352 e. The van der Waals surface area contributed by atoms with E-state index in [1.165, 1.54) is 0 Å². The average molecular weight is 277 g/mol. The largest absolute Gasteiger partial charge is 0.352 e. The first kappa shape index (κ1) is 16.2. The van der Waals surface area contributed by atoms with Crippen molar-refractivity contribution in [3.05, 3.63) is 29.3 Å². The van der Waals surface area contributed by atoms with Crippen molar-refractivity contribution >= 4 is 17.5 Å². The number of benzene rings is 1. The number of anilines is 1. The van der Waals surface area contributed by atoms with E-state index in [4.69, 9.17) is 0 Å². The monoisotopic (exact) mass is 277 g/mol. The second-order valence-corrected chi connectivity index (χ2v) is 4.61. The number of hydrogen-bond donors (Lipinski definition) is 3. The van der Waals surface area contributed by atoms with Crippen molar-refractivity contribution in [2.24, 2.45) is 0 Å². The lowest BCUT2D eigenvalue weighted by Crippen LogP contribution is -2.28. The third kappa shape index (κ3) is 5.01. The summed E-state index contributed by atoms with van der Waals surface area (Å²) >= 11 is 0. The van der Waals surface area contributed by atoms with E-state index >= 15 is 0 Å². The molecule has 110 valence electrons. The lowest BCUT2D eigenvalue weighted by molar-refractivity contribution is -0.115. The van der Waals surface area contributed by atoms with Crippen LogP contribution in [0.5, 0.6) is 0 Å². The van der Waals surface area contributed by atoms with Gasteiger partial charge in [0.2, 0.25) is 5.91 Å². The van der Waals surface area contributed by atoms with E-state index in [2.05, 4.69) is 22.9 Å². The summed E-state index contributed by atoms with van der Waals surface area (Å²) in [6.07, 6.45) is 0.994. The molecule has 0 radical (unpaired) electrons. The lowest BCUT2D eigenvalue weighted by Gasteiger charge is -2.10. The normalized spacial score (nSPS) is 10.2. The Hall–Kier alpha value is -1.88. The topological polar surface area (TPSA) is 70.2 Å². The molecule has 0 aliphatic carbocycles. The molecule has 0 saturated heterocycles. The second-order valence-electron chi connectivity index (χ2n) is 4.61. The maximum absolute atomic E-state index is 11.7. The van der Waals surface area contributed by atoms with E-state index in [9.17, 15) is 9.59 Å². The Balaban J connectivity index is 2.64. The molecule has 0 unspecified atom stereocenters. The van der Waals surface area contributed by atoms with E-state index in [1.54, 1.807) is 18.2 Å². The molecule has 0 atom stereocenters. The zero-order valence-corrected chi connectivity index (χ0v) is 12.4. The van der Waals surface area contributed by atoms with Gasteiger partial charge >= 0.3 is 0 Å². The molecule has 2 amide bonds. The Kier molecular flexibility index (Phi) is 6.73. The molecule has 5 nitrogen and oxygen atoms in total. The summed E-state index contributed by atoms with van der Waals surface area (Å²) in [6.45, 7) is 7.52.